The minimum atomic E-state index is -3.69. The van der Waals surface area contributed by atoms with Crippen molar-refractivity contribution in [3.05, 3.63) is 35.0 Å². The van der Waals surface area contributed by atoms with Crippen LogP contribution in [-0.2, 0) is 16.6 Å². The highest BCUT2D eigenvalue weighted by atomic mass is 32.2. The number of rotatable bonds is 5. The predicted octanol–water partition coefficient (Wildman–Crippen LogP) is 2.64. The highest BCUT2D eigenvalue weighted by Gasteiger charge is 2.23. The topological polar surface area (TPSA) is 73.2 Å². The van der Waals surface area contributed by atoms with Gasteiger partial charge in [0.2, 0.25) is 0 Å². The Morgan fingerprint density at radius 1 is 1.27 bits per heavy atom. The first kappa shape index (κ1) is 16.4. The fraction of sp³-hybridized carbons (Fsp3) is 0.400. The van der Waals surface area contributed by atoms with Crippen molar-refractivity contribution in [2.24, 2.45) is 0 Å². The van der Waals surface area contributed by atoms with Gasteiger partial charge in [0, 0.05) is 12.6 Å². The van der Waals surface area contributed by atoms with Gasteiger partial charge in [0.05, 0.1) is 18.2 Å². The van der Waals surface area contributed by atoms with Crippen molar-refractivity contribution < 1.29 is 13.2 Å². The molecule has 1 aromatic heterocycles. The van der Waals surface area contributed by atoms with Crippen molar-refractivity contribution in [3.8, 4) is 5.75 Å². The zero-order valence-electron chi connectivity index (χ0n) is 13.5. The van der Waals surface area contributed by atoms with Crippen molar-refractivity contribution >= 4 is 15.8 Å². The number of hydrogen-bond donors (Lipinski definition) is 1. The summed E-state index contributed by atoms with van der Waals surface area (Å²) in [6, 6.07) is 3.39. The summed E-state index contributed by atoms with van der Waals surface area (Å²) in [4.78, 5) is 0.287. The molecule has 0 bridgehead atoms. The number of nitrogens with zero attached hydrogens (tertiary/aromatic N) is 2. The van der Waals surface area contributed by atoms with Gasteiger partial charge in [-0.2, -0.15) is 5.10 Å². The maximum atomic E-state index is 12.8. The van der Waals surface area contributed by atoms with Crippen LogP contribution in [0.3, 0.4) is 0 Å². The van der Waals surface area contributed by atoms with Gasteiger partial charge >= 0.3 is 0 Å². The van der Waals surface area contributed by atoms with Gasteiger partial charge in [0.1, 0.15) is 11.6 Å². The Morgan fingerprint density at radius 2 is 1.95 bits per heavy atom. The molecule has 1 aromatic carbocycles. The Kier molecular flexibility index (Phi) is 4.46. The van der Waals surface area contributed by atoms with Crippen molar-refractivity contribution in [2.75, 3.05) is 11.8 Å². The first-order chi connectivity index (χ1) is 10.3. The lowest BCUT2D eigenvalue weighted by Crippen LogP contribution is -2.19. The van der Waals surface area contributed by atoms with Crippen LogP contribution in [0.1, 0.15) is 23.6 Å². The van der Waals surface area contributed by atoms with Crippen LogP contribution >= 0.6 is 0 Å². The van der Waals surface area contributed by atoms with E-state index in [2.05, 4.69) is 9.82 Å². The summed E-state index contributed by atoms with van der Waals surface area (Å²) >= 11 is 0. The number of aromatic nitrogens is 2. The number of anilines is 1. The molecule has 6 nitrogen and oxygen atoms in total. The maximum Gasteiger partial charge on any atom is 0.263 e. The van der Waals surface area contributed by atoms with Gasteiger partial charge in [0.25, 0.3) is 10.0 Å². The normalized spacial score (nSPS) is 11.5. The number of benzene rings is 1. The van der Waals surface area contributed by atoms with Crippen LogP contribution in [0.2, 0.25) is 0 Å². The van der Waals surface area contributed by atoms with Crippen LogP contribution in [-0.4, -0.2) is 25.3 Å². The lowest BCUT2D eigenvalue weighted by atomic mass is 10.1. The Hall–Kier alpha value is -2.02. The number of hydrogen-bond acceptors (Lipinski definition) is 4. The third-order valence-electron chi connectivity index (χ3n) is 3.72. The first-order valence-electron chi connectivity index (χ1n) is 7.01. The zero-order chi connectivity index (χ0) is 16.5. The average molecular weight is 323 g/mol. The molecule has 0 amide bonds. The Labute approximate surface area is 131 Å². The number of ether oxygens (including phenoxy) is 1. The second-order valence-corrected chi connectivity index (χ2v) is 6.73. The lowest BCUT2D eigenvalue weighted by Gasteiger charge is -2.17. The number of aryl methyl sites for hydroxylation is 2. The molecule has 0 unspecified atom stereocenters. The number of nitrogens with one attached hydrogen (secondary N) is 1. The van der Waals surface area contributed by atoms with Crippen molar-refractivity contribution in [3.63, 3.8) is 0 Å². The third-order valence-corrected chi connectivity index (χ3v) is 5.37. The molecule has 0 aliphatic rings. The molecule has 2 aromatic rings. The molecule has 0 radical (unpaired) electrons. The smallest absolute Gasteiger partial charge is 0.263 e. The molecule has 0 aliphatic heterocycles. The van der Waals surface area contributed by atoms with Crippen molar-refractivity contribution in [2.45, 2.75) is 39.1 Å². The van der Waals surface area contributed by atoms with Gasteiger partial charge in [-0.1, -0.05) is 0 Å². The number of methoxy groups -OCH3 is 1. The van der Waals surface area contributed by atoms with Crippen LogP contribution in [0.15, 0.2) is 23.2 Å². The van der Waals surface area contributed by atoms with Crippen LogP contribution in [0.4, 0.5) is 5.82 Å². The Bertz CT molecular complexity index is 795. The summed E-state index contributed by atoms with van der Waals surface area (Å²) in [5, 5.41) is 4.07. The Morgan fingerprint density at radius 3 is 2.55 bits per heavy atom. The molecule has 2 rings (SSSR count). The summed E-state index contributed by atoms with van der Waals surface area (Å²) < 4.78 is 35.0. The fourth-order valence-electron chi connectivity index (χ4n) is 2.51. The van der Waals surface area contributed by atoms with Gasteiger partial charge in [-0.25, -0.2) is 13.1 Å². The fourth-order valence-corrected chi connectivity index (χ4v) is 4.10. The van der Waals surface area contributed by atoms with E-state index in [4.69, 9.17) is 4.74 Å². The molecule has 1 heterocycles. The SMILES string of the molecule is CCn1nccc1NS(=O)(=O)c1c(C)cc(OC)c(C)c1C. The van der Waals surface area contributed by atoms with Crippen LogP contribution in [0, 0.1) is 20.8 Å². The van der Waals surface area contributed by atoms with E-state index >= 15 is 0 Å². The van der Waals surface area contributed by atoms with Crippen molar-refractivity contribution in [1.82, 2.24) is 9.78 Å². The van der Waals surface area contributed by atoms with E-state index in [-0.39, 0.29) is 4.90 Å². The molecule has 120 valence electrons. The van der Waals surface area contributed by atoms with Gasteiger partial charge < -0.3 is 4.74 Å². The molecular formula is C15H21N3O3S. The molecule has 0 saturated carbocycles. The molecular weight excluding hydrogens is 302 g/mol. The third kappa shape index (κ3) is 2.81. The second-order valence-electron chi connectivity index (χ2n) is 5.11. The zero-order valence-corrected chi connectivity index (χ0v) is 14.3. The molecule has 22 heavy (non-hydrogen) atoms. The van der Waals surface area contributed by atoms with E-state index in [1.807, 2.05) is 13.8 Å². The minimum Gasteiger partial charge on any atom is -0.496 e. The van der Waals surface area contributed by atoms with Crippen LogP contribution in [0.5, 0.6) is 5.75 Å². The second kappa shape index (κ2) is 6.00. The minimum absolute atomic E-state index is 0.287. The first-order valence-corrected chi connectivity index (χ1v) is 8.49. The number of sulfonamides is 1. The standard InChI is InChI=1S/C15H21N3O3S/c1-6-18-14(7-8-16-18)17-22(19,20)15-10(2)9-13(21-5)11(3)12(15)4/h7-9,17H,6H2,1-5H3. The molecule has 0 saturated heterocycles. The van der Waals surface area contributed by atoms with E-state index in [9.17, 15) is 8.42 Å². The summed E-state index contributed by atoms with van der Waals surface area (Å²) in [6.07, 6.45) is 1.57. The average Bonchev–Trinajstić information content (AvgIpc) is 2.88. The quantitative estimate of drug-likeness (QED) is 0.918. The van der Waals surface area contributed by atoms with Crippen LogP contribution in [0.25, 0.3) is 0 Å². The summed E-state index contributed by atoms with van der Waals surface area (Å²) in [6.45, 7) is 7.89. The van der Waals surface area contributed by atoms with Gasteiger partial charge in [-0.05, 0) is 50.5 Å². The highest BCUT2D eigenvalue weighted by molar-refractivity contribution is 7.92. The van der Waals surface area contributed by atoms with Crippen molar-refractivity contribution in [1.29, 1.82) is 0 Å². The largest absolute Gasteiger partial charge is 0.496 e. The van der Waals surface area contributed by atoms with Crippen LogP contribution < -0.4 is 9.46 Å². The summed E-state index contributed by atoms with van der Waals surface area (Å²) in [5.74, 6) is 1.14. The highest BCUT2D eigenvalue weighted by Crippen LogP contribution is 2.31. The lowest BCUT2D eigenvalue weighted by molar-refractivity contribution is 0.410. The van der Waals surface area contributed by atoms with E-state index in [1.165, 1.54) is 0 Å². The molecule has 1 N–H and O–H groups in total. The van der Waals surface area contributed by atoms with E-state index < -0.39 is 10.0 Å². The van der Waals surface area contributed by atoms with E-state index in [0.29, 0.717) is 29.2 Å². The molecule has 7 heteroatoms. The maximum absolute atomic E-state index is 12.8. The van der Waals surface area contributed by atoms with Gasteiger partial charge in [-0.15, -0.1) is 0 Å². The van der Waals surface area contributed by atoms with E-state index in [0.717, 1.165) is 5.56 Å². The molecule has 0 atom stereocenters. The molecule has 0 fully saturated rings. The molecule has 0 aliphatic carbocycles. The summed E-state index contributed by atoms with van der Waals surface area (Å²) in [5.41, 5.74) is 2.15. The Balaban J connectivity index is 2.53. The van der Waals surface area contributed by atoms with E-state index in [1.54, 1.807) is 44.0 Å². The van der Waals surface area contributed by atoms with Gasteiger partial charge in [-0.3, -0.25) is 4.72 Å². The van der Waals surface area contributed by atoms with Gasteiger partial charge in [0.15, 0.2) is 0 Å². The monoisotopic (exact) mass is 323 g/mol. The predicted molar refractivity (Wildman–Crippen MR) is 85.9 cm³/mol. The molecule has 0 spiro atoms. The summed E-state index contributed by atoms with van der Waals surface area (Å²) in [7, 11) is -2.11.